The van der Waals surface area contributed by atoms with E-state index < -0.39 is 9.84 Å². The van der Waals surface area contributed by atoms with Crippen molar-refractivity contribution in [3.8, 4) is 0 Å². The van der Waals surface area contributed by atoms with Gasteiger partial charge in [-0.15, -0.1) is 0 Å². The van der Waals surface area contributed by atoms with Crippen LogP contribution in [0.1, 0.15) is 51.6 Å². The van der Waals surface area contributed by atoms with Crippen molar-refractivity contribution in [2.24, 2.45) is 5.41 Å². The van der Waals surface area contributed by atoms with Gasteiger partial charge in [-0.3, -0.25) is 0 Å². The van der Waals surface area contributed by atoms with Gasteiger partial charge in [0, 0.05) is 12.6 Å². The molecule has 2 rings (SSSR count). The van der Waals surface area contributed by atoms with Crippen LogP contribution in [0.4, 0.5) is 0 Å². The molecule has 118 valence electrons. The quantitative estimate of drug-likeness (QED) is 0.907. The third-order valence-electron chi connectivity index (χ3n) is 4.07. The van der Waals surface area contributed by atoms with E-state index >= 15 is 0 Å². The Morgan fingerprint density at radius 1 is 1.24 bits per heavy atom. The van der Waals surface area contributed by atoms with Gasteiger partial charge in [0.15, 0.2) is 9.84 Å². The number of sulfone groups is 1. The maximum Gasteiger partial charge on any atom is 0.154 e. The summed E-state index contributed by atoms with van der Waals surface area (Å²) in [6.07, 6.45) is 2.60. The van der Waals surface area contributed by atoms with Crippen LogP contribution in [0.3, 0.4) is 0 Å². The van der Waals surface area contributed by atoms with E-state index in [0.717, 1.165) is 19.3 Å². The third-order valence-corrected chi connectivity index (χ3v) is 6.35. The minimum Gasteiger partial charge on any atom is -0.309 e. The maximum absolute atomic E-state index is 12.0. The lowest BCUT2D eigenvalue weighted by atomic mass is 9.85. The molecule has 1 saturated heterocycles. The summed E-state index contributed by atoms with van der Waals surface area (Å²) in [5.74, 6) is 0.356. The smallest absolute Gasteiger partial charge is 0.154 e. The van der Waals surface area contributed by atoms with Gasteiger partial charge in [-0.1, -0.05) is 51.1 Å². The molecular formula is C17H27NO2S. The normalized spacial score (nSPS) is 23.1. The first-order valence-corrected chi connectivity index (χ1v) is 9.49. The zero-order valence-corrected chi connectivity index (χ0v) is 14.1. The van der Waals surface area contributed by atoms with Crippen molar-refractivity contribution in [3.05, 3.63) is 35.9 Å². The summed E-state index contributed by atoms with van der Waals surface area (Å²) in [6.45, 7) is 7.22. The fourth-order valence-corrected chi connectivity index (χ4v) is 4.75. The van der Waals surface area contributed by atoms with Gasteiger partial charge >= 0.3 is 0 Å². The first kappa shape index (κ1) is 16.5. The summed E-state index contributed by atoms with van der Waals surface area (Å²) in [5, 5.41) is 3.31. The van der Waals surface area contributed by atoms with Crippen LogP contribution in [0.2, 0.25) is 0 Å². The number of rotatable bonds is 5. The monoisotopic (exact) mass is 309 g/mol. The average molecular weight is 309 g/mol. The standard InChI is InChI=1S/C17H27NO2S/c1-17(2,3)12-16(14-8-5-4-6-9-14)18-13-15-10-7-11-21(15,19)20/h4-6,8-9,15-16,18H,7,10-13H2,1-3H3. The van der Waals surface area contributed by atoms with Crippen molar-refractivity contribution in [1.29, 1.82) is 0 Å². The summed E-state index contributed by atoms with van der Waals surface area (Å²) >= 11 is 0. The molecule has 3 nitrogen and oxygen atoms in total. The molecule has 1 aliphatic heterocycles. The predicted molar refractivity (Wildman–Crippen MR) is 88.1 cm³/mol. The van der Waals surface area contributed by atoms with Crippen LogP contribution in [0.15, 0.2) is 30.3 Å². The second kappa shape index (κ2) is 6.49. The fraction of sp³-hybridized carbons (Fsp3) is 0.647. The second-order valence-corrected chi connectivity index (χ2v) is 9.67. The highest BCUT2D eigenvalue weighted by Gasteiger charge is 2.32. The third kappa shape index (κ3) is 4.82. The Kier molecular flexibility index (Phi) is 5.10. The van der Waals surface area contributed by atoms with Crippen LogP contribution >= 0.6 is 0 Å². The molecule has 0 radical (unpaired) electrons. The lowest BCUT2D eigenvalue weighted by Gasteiger charge is -2.28. The minimum absolute atomic E-state index is 0.196. The minimum atomic E-state index is -2.87. The van der Waals surface area contributed by atoms with Gasteiger partial charge in [0.05, 0.1) is 11.0 Å². The molecule has 0 spiro atoms. The molecule has 1 aliphatic rings. The molecule has 1 aromatic carbocycles. The zero-order valence-electron chi connectivity index (χ0n) is 13.3. The van der Waals surface area contributed by atoms with E-state index in [9.17, 15) is 8.42 Å². The van der Waals surface area contributed by atoms with Gasteiger partial charge in [-0.2, -0.15) is 0 Å². The van der Waals surface area contributed by atoms with Gasteiger partial charge < -0.3 is 5.32 Å². The summed E-state index contributed by atoms with van der Waals surface area (Å²) in [4.78, 5) is 0. The van der Waals surface area contributed by atoms with Crippen LogP contribution in [0.25, 0.3) is 0 Å². The summed E-state index contributed by atoms with van der Waals surface area (Å²) in [5.41, 5.74) is 1.44. The molecule has 1 aromatic rings. The van der Waals surface area contributed by atoms with Crippen LogP contribution in [0.5, 0.6) is 0 Å². The molecule has 0 aliphatic carbocycles. The van der Waals surface area contributed by atoms with E-state index in [1.165, 1.54) is 5.56 Å². The Balaban J connectivity index is 2.06. The van der Waals surface area contributed by atoms with Crippen molar-refractivity contribution < 1.29 is 8.42 Å². The summed E-state index contributed by atoms with van der Waals surface area (Å²) < 4.78 is 23.9. The van der Waals surface area contributed by atoms with E-state index in [1.807, 2.05) is 18.2 Å². The molecule has 2 atom stereocenters. The van der Waals surface area contributed by atoms with Gasteiger partial charge in [0.1, 0.15) is 0 Å². The van der Waals surface area contributed by atoms with Crippen molar-refractivity contribution in [1.82, 2.24) is 5.32 Å². The second-order valence-electron chi connectivity index (χ2n) is 7.27. The average Bonchev–Trinajstić information content (AvgIpc) is 2.73. The zero-order chi connectivity index (χ0) is 15.5. The van der Waals surface area contributed by atoms with Crippen molar-refractivity contribution in [3.63, 3.8) is 0 Å². The molecule has 21 heavy (non-hydrogen) atoms. The Morgan fingerprint density at radius 2 is 1.90 bits per heavy atom. The molecule has 1 fully saturated rings. The lowest BCUT2D eigenvalue weighted by molar-refractivity contribution is 0.311. The molecule has 4 heteroatoms. The predicted octanol–water partition coefficient (Wildman–Crippen LogP) is 3.33. The Bertz CT molecular complexity index is 546. The van der Waals surface area contributed by atoms with E-state index in [1.54, 1.807) is 0 Å². The Morgan fingerprint density at radius 3 is 2.43 bits per heavy atom. The van der Waals surface area contributed by atoms with Gasteiger partial charge in [-0.25, -0.2) is 8.42 Å². The van der Waals surface area contributed by atoms with Crippen molar-refractivity contribution in [2.45, 2.75) is 51.3 Å². The summed E-state index contributed by atoms with van der Waals surface area (Å²) in [7, 11) is -2.87. The van der Waals surface area contributed by atoms with E-state index in [4.69, 9.17) is 0 Å². The highest BCUT2D eigenvalue weighted by Crippen LogP contribution is 2.30. The largest absolute Gasteiger partial charge is 0.309 e. The van der Waals surface area contributed by atoms with Crippen LogP contribution < -0.4 is 5.32 Å². The number of benzene rings is 1. The van der Waals surface area contributed by atoms with Gasteiger partial charge in [0.2, 0.25) is 0 Å². The molecule has 0 aromatic heterocycles. The number of hydrogen-bond donors (Lipinski definition) is 1. The Labute approximate surface area is 129 Å². The first-order valence-electron chi connectivity index (χ1n) is 7.78. The molecule has 0 amide bonds. The molecule has 2 unspecified atom stereocenters. The van der Waals surface area contributed by atoms with Gasteiger partial charge in [0.25, 0.3) is 0 Å². The maximum atomic E-state index is 12.0. The highest BCUT2D eigenvalue weighted by molar-refractivity contribution is 7.92. The Hall–Kier alpha value is -0.870. The van der Waals surface area contributed by atoms with Crippen molar-refractivity contribution in [2.75, 3.05) is 12.3 Å². The molecule has 1 heterocycles. The van der Waals surface area contributed by atoms with E-state index in [0.29, 0.717) is 12.3 Å². The van der Waals surface area contributed by atoms with Crippen molar-refractivity contribution >= 4 is 9.84 Å². The fourth-order valence-electron chi connectivity index (χ4n) is 2.97. The highest BCUT2D eigenvalue weighted by atomic mass is 32.2. The van der Waals surface area contributed by atoms with Crippen LogP contribution in [0, 0.1) is 5.41 Å². The van der Waals surface area contributed by atoms with Gasteiger partial charge in [-0.05, 0) is 30.2 Å². The topological polar surface area (TPSA) is 46.2 Å². The van der Waals surface area contributed by atoms with Crippen LogP contribution in [-0.4, -0.2) is 26.0 Å². The lowest BCUT2D eigenvalue weighted by Crippen LogP contribution is -2.34. The molecule has 0 bridgehead atoms. The van der Waals surface area contributed by atoms with E-state index in [-0.39, 0.29) is 16.7 Å². The number of hydrogen-bond acceptors (Lipinski definition) is 3. The molecule has 0 saturated carbocycles. The molecule has 1 N–H and O–H groups in total. The summed E-state index contributed by atoms with van der Waals surface area (Å²) in [6, 6.07) is 10.5. The molecular weight excluding hydrogens is 282 g/mol. The number of nitrogens with one attached hydrogen (secondary N) is 1. The van der Waals surface area contributed by atoms with E-state index in [2.05, 4.69) is 38.2 Å². The SMILES string of the molecule is CC(C)(C)CC(NCC1CCCS1(=O)=O)c1ccccc1. The first-order chi connectivity index (χ1) is 9.78. The van der Waals surface area contributed by atoms with Crippen LogP contribution in [-0.2, 0) is 9.84 Å².